The summed E-state index contributed by atoms with van der Waals surface area (Å²) in [5.74, 6) is -0.0669. The Kier molecular flexibility index (Phi) is 6.57. The SMILES string of the molecule is O=C(c1cccc(S(=O)(=O)N2CCc3sccc3C2)c1)N1CCC(C(O)c2ccccc2)CC1. The number of hydrogen-bond donors (Lipinski definition) is 1. The smallest absolute Gasteiger partial charge is 0.253 e. The molecule has 1 atom stereocenters. The third-order valence-electron chi connectivity index (χ3n) is 6.91. The molecular weight excluding hydrogens is 468 g/mol. The van der Waals surface area contributed by atoms with Gasteiger partial charge in [0.1, 0.15) is 0 Å². The van der Waals surface area contributed by atoms with Crippen molar-refractivity contribution >= 4 is 27.3 Å². The molecule has 2 aliphatic rings. The number of rotatable bonds is 5. The summed E-state index contributed by atoms with van der Waals surface area (Å²) >= 11 is 1.67. The predicted octanol–water partition coefficient (Wildman–Crippen LogP) is 4.08. The van der Waals surface area contributed by atoms with Crippen LogP contribution in [0.3, 0.4) is 0 Å². The third-order valence-corrected chi connectivity index (χ3v) is 9.77. The maximum Gasteiger partial charge on any atom is 0.253 e. The van der Waals surface area contributed by atoms with E-state index in [1.807, 2.05) is 41.8 Å². The fourth-order valence-electron chi connectivity index (χ4n) is 4.89. The van der Waals surface area contributed by atoms with E-state index in [1.165, 1.54) is 15.2 Å². The lowest BCUT2D eigenvalue weighted by molar-refractivity contribution is 0.0462. The molecule has 178 valence electrons. The van der Waals surface area contributed by atoms with E-state index in [0.717, 1.165) is 11.1 Å². The summed E-state index contributed by atoms with van der Waals surface area (Å²) in [6.45, 7) is 1.90. The number of benzene rings is 2. The molecule has 3 heterocycles. The first-order valence-corrected chi connectivity index (χ1v) is 13.9. The standard InChI is InChI=1S/C26H28N2O4S2/c29-25(19-5-2-1-3-6-19)20-9-13-27(14-10-20)26(30)21-7-4-8-23(17-21)34(31,32)28-15-11-24-22(18-28)12-16-33-24/h1-8,12,16-17,20,25,29H,9-11,13-15,18H2. The van der Waals surface area contributed by atoms with Gasteiger partial charge in [-0.05, 0) is 66.0 Å². The monoisotopic (exact) mass is 496 g/mol. The summed E-state index contributed by atoms with van der Waals surface area (Å²) in [6, 6.07) is 18.0. The molecular formula is C26H28N2O4S2. The summed E-state index contributed by atoms with van der Waals surface area (Å²) in [6.07, 6.45) is 1.59. The van der Waals surface area contributed by atoms with Crippen molar-refractivity contribution < 1.29 is 18.3 Å². The van der Waals surface area contributed by atoms with Crippen molar-refractivity contribution in [3.63, 3.8) is 0 Å². The molecule has 1 saturated heterocycles. The van der Waals surface area contributed by atoms with Crippen LogP contribution in [0.4, 0.5) is 0 Å². The molecule has 1 N–H and O–H groups in total. The normalized spacial score (nSPS) is 18.4. The Labute approximate surface area is 204 Å². The molecule has 8 heteroatoms. The van der Waals surface area contributed by atoms with Gasteiger partial charge in [-0.3, -0.25) is 4.79 Å². The van der Waals surface area contributed by atoms with Gasteiger partial charge in [0, 0.05) is 36.6 Å². The first kappa shape index (κ1) is 23.2. The molecule has 1 amide bonds. The molecule has 34 heavy (non-hydrogen) atoms. The molecule has 6 nitrogen and oxygen atoms in total. The first-order chi connectivity index (χ1) is 16.4. The van der Waals surface area contributed by atoms with Crippen LogP contribution in [0.2, 0.25) is 0 Å². The zero-order chi connectivity index (χ0) is 23.7. The van der Waals surface area contributed by atoms with Crippen LogP contribution >= 0.6 is 11.3 Å². The summed E-state index contributed by atoms with van der Waals surface area (Å²) in [4.78, 5) is 16.4. The number of piperidine rings is 1. The highest BCUT2D eigenvalue weighted by Gasteiger charge is 2.31. The highest BCUT2D eigenvalue weighted by molar-refractivity contribution is 7.89. The number of carbonyl (C=O) groups is 1. The van der Waals surface area contributed by atoms with Gasteiger partial charge in [0.05, 0.1) is 11.0 Å². The van der Waals surface area contributed by atoms with Crippen LogP contribution in [0.5, 0.6) is 0 Å². The van der Waals surface area contributed by atoms with E-state index in [2.05, 4.69) is 0 Å². The Bertz CT molecular complexity index is 1260. The largest absolute Gasteiger partial charge is 0.388 e. The molecule has 0 spiro atoms. The van der Waals surface area contributed by atoms with Crippen molar-refractivity contribution in [3.05, 3.63) is 87.6 Å². The van der Waals surface area contributed by atoms with Crippen LogP contribution in [0.1, 0.15) is 45.3 Å². The van der Waals surface area contributed by atoms with Crippen molar-refractivity contribution in [1.29, 1.82) is 0 Å². The predicted molar refractivity (Wildman–Crippen MR) is 132 cm³/mol. The second kappa shape index (κ2) is 9.62. The number of amides is 1. The molecule has 0 aliphatic carbocycles. The lowest BCUT2D eigenvalue weighted by Crippen LogP contribution is -2.40. The van der Waals surface area contributed by atoms with E-state index in [-0.39, 0.29) is 16.7 Å². The second-order valence-electron chi connectivity index (χ2n) is 8.97. The molecule has 1 unspecified atom stereocenters. The second-order valence-corrected chi connectivity index (χ2v) is 11.9. The van der Waals surface area contributed by atoms with Gasteiger partial charge >= 0.3 is 0 Å². The molecule has 5 rings (SSSR count). The number of nitrogens with zero attached hydrogens (tertiary/aromatic N) is 2. The Balaban J connectivity index is 1.26. The maximum atomic E-state index is 13.3. The number of aliphatic hydroxyl groups is 1. The number of fused-ring (bicyclic) bond motifs is 1. The van der Waals surface area contributed by atoms with Crippen LogP contribution in [0.25, 0.3) is 0 Å². The van der Waals surface area contributed by atoms with Crippen LogP contribution in [-0.4, -0.2) is 48.3 Å². The molecule has 0 radical (unpaired) electrons. The lowest BCUT2D eigenvalue weighted by atomic mass is 9.87. The van der Waals surface area contributed by atoms with Gasteiger partial charge in [-0.25, -0.2) is 8.42 Å². The van der Waals surface area contributed by atoms with Gasteiger partial charge in [0.2, 0.25) is 10.0 Å². The fraction of sp³-hybridized carbons (Fsp3) is 0.346. The van der Waals surface area contributed by atoms with E-state index >= 15 is 0 Å². The first-order valence-electron chi connectivity index (χ1n) is 11.6. The Morgan fingerprint density at radius 2 is 1.76 bits per heavy atom. The fourth-order valence-corrected chi connectivity index (χ4v) is 7.24. The van der Waals surface area contributed by atoms with Crippen molar-refractivity contribution in [2.45, 2.75) is 36.8 Å². The zero-order valence-corrected chi connectivity index (χ0v) is 20.5. The molecule has 2 aliphatic heterocycles. The highest BCUT2D eigenvalue weighted by atomic mass is 32.2. The van der Waals surface area contributed by atoms with E-state index in [9.17, 15) is 18.3 Å². The third kappa shape index (κ3) is 4.55. The summed E-state index contributed by atoms with van der Waals surface area (Å²) in [5, 5.41) is 12.7. The van der Waals surface area contributed by atoms with Gasteiger partial charge in [-0.2, -0.15) is 4.31 Å². The van der Waals surface area contributed by atoms with Crippen molar-refractivity contribution in [1.82, 2.24) is 9.21 Å². The zero-order valence-electron chi connectivity index (χ0n) is 18.8. The number of carbonyl (C=O) groups excluding carboxylic acids is 1. The van der Waals surface area contributed by atoms with Crippen LogP contribution < -0.4 is 0 Å². The minimum Gasteiger partial charge on any atom is -0.388 e. The Morgan fingerprint density at radius 3 is 2.53 bits per heavy atom. The summed E-state index contributed by atoms with van der Waals surface area (Å²) in [5.41, 5.74) is 2.35. The van der Waals surface area contributed by atoms with Crippen molar-refractivity contribution in [2.75, 3.05) is 19.6 Å². The summed E-state index contributed by atoms with van der Waals surface area (Å²) < 4.78 is 28.1. The molecule has 2 aromatic carbocycles. The molecule has 3 aromatic rings. The van der Waals surface area contributed by atoms with E-state index in [0.29, 0.717) is 51.0 Å². The van der Waals surface area contributed by atoms with Gasteiger partial charge in [0.15, 0.2) is 0 Å². The molecule has 1 aromatic heterocycles. The van der Waals surface area contributed by atoms with Crippen molar-refractivity contribution in [2.24, 2.45) is 5.92 Å². The molecule has 0 bridgehead atoms. The minimum absolute atomic E-state index is 0.0965. The van der Waals surface area contributed by atoms with Gasteiger partial charge < -0.3 is 10.0 Å². The van der Waals surface area contributed by atoms with Crippen LogP contribution in [0.15, 0.2) is 70.9 Å². The number of likely N-dealkylation sites (tertiary alicyclic amines) is 1. The minimum atomic E-state index is -3.69. The Morgan fingerprint density at radius 1 is 1.00 bits per heavy atom. The number of hydrogen-bond acceptors (Lipinski definition) is 5. The average molecular weight is 497 g/mol. The number of aliphatic hydroxyl groups excluding tert-OH is 1. The topological polar surface area (TPSA) is 77.9 Å². The quantitative estimate of drug-likeness (QED) is 0.577. The van der Waals surface area contributed by atoms with E-state index in [1.54, 1.807) is 34.4 Å². The maximum absolute atomic E-state index is 13.3. The van der Waals surface area contributed by atoms with Gasteiger partial charge in [0.25, 0.3) is 5.91 Å². The van der Waals surface area contributed by atoms with E-state index in [4.69, 9.17) is 0 Å². The van der Waals surface area contributed by atoms with Gasteiger partial charge in [-0.1, -0.05) is 36.4 Å². The van der Waals surface area contributed by atoms with Crippen LogP contribution in [-0.2, 0) is 23.0 Å². The number of thiophene rings is 1. The van der Waals surface area contributed by atoms with Crippen LogP contribution in [0, 0.1) is 5.92 Å². The molecule has 1 fully saturated rings. The Hall–Kier alpha value is -2.52. The van der Waals surface area contributed by atoms with Crippen molar-refractivity contribution in [3.8, 4) is 0 Å². The lowest BCUT2D eigenvalue weighted by Gasteiger charge is -2.34. The summed E-state index contributed by atoms with van der Waals surface area (Å²) in [7, 11) is -3.69. The average Bonchev–Trinajstić information content (AvgIpc) is 3.37. The number of sulfonamides is 1. The van der Waals surface area contributed by atoms with E-state index < -0.39 is 16.1 Å². The highest BCUT2D eigenvalue weighted by Crippen LogP contribution is 2.32. The molecule has 0 saturated carbocycles. The van der Waals surface area contributed by atoms with Gasteiger partial charge in [-0.15, -0.1) is 11.3 Å².